The summed E-state index contributed by atoms with van der Waals surface area (Å²) in [5, 5.41) is 6.78. The highest BCUT2D eigenvalue weighted by molar-refractivity contribution is 7.17. The van der Waals surface area contributed by atoms with Crippen molar-refractivity contribution in [2.45, 2.75) is 13.8 Å². The highest BCUT2D eigenvalue weighted by atomic mass is 32.1. The maximum absolute atomic E-state index is 12.2. The van der Waals surface area contributed by atoms with Crippen LogP contribution >= 0.6 is 11.3 Å². The molecule has 0 spiro atoms. The van der Waals surface area contributed by atoms with Crippen LogP contribution in [0.4, 0.5) is 5.69 Å². The molecule has 3 heterocycles. The highest BCUT2D eigenvalue weighted by Gasteiger charge is 2.16. The number of hydrogen-bond acceptors (Lipinski definition) is 5. The standard InChI is InChI=1S/C15H13N3O2S/c1-9-14(10(2)20-18-9)12-3-4-13(21-12)15(19)17-11-5-7-16-8-6-11/h3-8H,1-2H3,(H,16,17,19). The van der Waals surface area contributed by atoms with Gasteiger partial charge in [0, 0.05) is 23.0 Å². The zero-order chi connectivity index (χ0) is 14.8. The van der Waals surface area contributed by atoms with Crippen molar-refractivity contribution in [1.82, 2.24) is 10.1 Å². The van der Waals surface area contributed by atoms with Crippen molar-refractivity contribution in [3.63, 3.8) is 0 Å². The van der Waals surface area contributed by atoms with Crippen molar-refractivity contribution in [2.24, 2.45) is 0 Å². The number of aryl methyl sites for hydroxylation is 2. The third kappa shape index (κ3) is 2.71. The van der Waals surface area contributed by atoms with Gasteiger partial charge in [0.15, 0.2) is 0 Å². The van der Waals surface area contributed by atoms with Crippen LogP contribution in [-0.2, 0) is 0 Å². The lowest BCUT2D eigenvalue weighted by Crippen LogP contribution is -2.09. The summed E-state index contributed by atoms with van der Waals surface area (Å²) in [6.07, 6.45) is 3.28. The molecule has 0 aliphatic carbocycles. The van der Waals surface area contributed by atoms with Gasteiger partial charge in [0.2, 0.25) is 0 Å². The Bertz CT molecular complexity index is 758. The van der Waals surface area contributed by atoms with E-state index in [9.17, 15) is 4.79 Å². The number of hydrogen-bond donors (Lipinski definition) is 1. The predicted molar refractivity (Wildman–Crippen MR) is 81.5 cm³/mol. The molecule has 6 heteroatoms. The molecule has 0 aromatic carbocycles. The third-order valence-corrected chi connectivity index (χ3v) is 4.15. The van der Waals surface area contributed by atoms with Crippen LogP contribution in [0.25, 0.3) is 10.4 Å². The summed E-state index contributed by atoms with van der Waals surface area (Å²) >= 11 is 1.42. The summed E-state index contributed by atoms with van der Waals surface area (Å²) in [6, 6.07) is 7.22. The summed E-state index contributed by atoms with van der Waals surface area (Å²) in [7, 11) is 0. The first-order chi connectivity index (χ1) is 10.1. The molecule has 0 fully saturated rings. The van der Waals surface area contributed by atoms with E-state index in [1.165, 1.54) is 11.3 Å². The molecular weight excluding hydrogens is 286 g/mol. The van der Waals surface area contributed by atoms with Crippen LogP contribution in [0, 0.1) is 13.8 Å². The Morgan fingerprint density at radius 1 is 1.19 bits per heavy atom. The fourth-order valence-electron chi connectivity index (χ4n) is 2.06. The highest BCUT2D eigenvalue weighted by Crippen LogP contribution is 2.33. The molecule has 106 valence electrons. The van der Waals surface area contributed by atoms with Crippen molar-refractivity contribution in [1.29, 1.82) is 0 Å². The molecule has 1 N–H and O–H groups in total. The van der Waals surface area contributed by atoms with Crippen LogP contribution in [0.2, 0.25) is 0 Å². The maximum Gasteiger partial charge on any atom is 0.265 e. The van der Waals surface area contributed by atoms with Crippen molar-refractivity contribution in [3.05, 3.63) is 53.0 Å². The van der Waals surface area contributed by atoms with Crippen molar-refractivity contribution >= 4 is 22.9 Å². The largest absolute Gasteiger partial charge is 0.361 e. The minimum Gasteiger partial charge on any atom is -0.361 e. The molecule has 0 aliphatic rings. The van der Waals surface area contributed by atoms with Crippen LogP contribution in [0.1, 0.15) is 21.1 Å². The van der Waals surface area contributed by atoms with E-state index in [4.69, 9.17) is 4.52 Å². The summed E-state index contributed by atoms with van der Waals surface area (Å²) < 4.78 is 5.16. The molecule has 0 bridgehead atoms. The average molecular weight is 299 g/mol. The number of nitrogens with zero attached hydrogens (tertiary/aromatic N) is 2. The smallest absolute Gasteiger partial charge is 0.265 e. The minimum atomic E-state index is -0.135. The molecule has 0 saturated heterocycles. The van der Waals surface area contributed by atoms with Gasteiger partial charge in [-0.25, -0.2) is 0 Å². The number of carbonyl (C=O) groups is 1. The van der Waals surface area contributed by atoms with Crippen molar-refractivity contribution < 1.29 is 9.32 Å². The second-order valence-corrected chi connectivity index (χ2v) is 5.64. The number of amides is 1. The fraction of sp³-hybridized carbons (Fsp3) is 0.133. The Labute approximate surface area is 125 Å². The second-order valence-electron chi connectivity index (χ2n) is 4.55. The lowest BCUT2D eigenvalue weighted by molar-refractivity contribution is 0.103. The predicted octanol–water partition coefficient (Wildman–Crippen LogP) is 3.67. The number of thiophene rings is 1. The lowest BCUT2D eigenvalue weighted by Gasteiger charge is -2.02. The van der Waals surface area contributed by atoms with Gasteiger partial charge in [-0.15, -0.1) is 11.3 Å². The zero-order valence-corrected chi connectivity index (χ0v) is 12.4. The van der Waals surface area contributed by atoms with Crippen LogP contribution in [-0.4, -0.2) is 16.0 Å². The number of pyridine rings is 1. The number of anilines is 1. The van der Waals surface area contributed by atoms with Gasteiger partial charge in [-0.3, -0.25) is 9.78 Å². The van der Waals surface area contributed by atoms with Gasteiger partial charge in [-0.1, -0.05) is 5.16 Å². The van der Waals surface area contributed by atoms with Gasteiger partial charge in [0.25, 0.3) is 5.91 Å². The number of rotatable bonds is 3. The fourth-order valence-corrected chi connectivity index (χ4v) is 3.10. The lowest BCUT2D eigenvalue weighted by atomic mass is 10.2. The monoisotopic (exact) mass is 299 g/mol. The molecule has 0 unspecified atom stereocenters. The van der Waals surface area contributed by atoms with Crippen LogP contribution < -0.4 is 5.32 Å². The Hall–Kier alpha value is -2.47. The molecule has 1 amide bonds. The third-order valence-electron chi connectivity index (χ3n) is 3.05. The normalized spacial score (nSPS) is 10.6. The summed E-state index contributed by atoms with van der Waals surface area (Å²) in [4.78, 5) is 17.7. The van der Waals surface area contributed by atoms with Gasteiger partial charge >= 0.3 is 0 Å². The minimum absolute atomic E-state index is 0.135. The second kappa shape index (κ2) is 5.49. The van der Waals surface area contributed by atoms with Gasteiger partial charge in [-0.2, -0.15) is 0 Å². The van der Waals surface area contributed by atoms with Gasteiger partial charge in [0.1, 0.15) is 5.76 Å². The quantitative estimate of drug-likeness (QED) is 0.801. The topological polar surface area (TPSA) is 68.0 Å². The SMILES string of the molecule is Cc1noc(C)c1-c1ccc(C(=O)Nc2ccncc2)s1. The molecule has 3 aromatic heterocycles. The Morgan fingerprint density at radius 2 is 1.95 bits per heavy atom. The van der Waals surface area contributed by atoms with E-state index in [0.29, 0.717) is 4.88 Å². The average Bonchev–Trinajstić information content (AvgIpc) is 3.07. The molecule has 3 aromatic rings. The van der Waals surface area contributed by atoms with E-state index in [1.54, 1.807) is 24.5 Å². The van der Waals surface area contributed by atoms with E-state index in [0.717, 1.165) is 27.6 Å². The Kier molecular flexibility index (Phi) is 3.53. The first-order valence-corrected chi connectivity index (χ1v) is 7.21. The Balaban J connectivity index is 1.84. The van der Waals surface area contributed by atoms with E-state index in [2.05, 4.69) is 15.5 Å². The van der Waals surface area contributed by atoms with E-state index in [1.807, 2.05) is 26.0 Å². The number of nitrogens with one attached hydrogen (secondary N) is 1. The molecule has 0 saturated carbocycles. The van der Waals surface area contributed by atoms with Crippen molar-refractivity contribution in [3.8, 4) is 10.4 Å². The first kappa shape index (κ1) is 13.5. The summed E-state index contributed by atoms with van der Waals surface area (Å²) in [5.74, 6) is 0.625. The van der Waals surface area contributed by atoms with Crippen LogP contribution in [0.5, 0.6) is 0 Å². The molecular formula is C15H13N3O2S. The molecule has 0 radical (unpaired) electrons. The van der Waals surface area contributed by atoms with Gasteiger partial charge in [-0.05, 0) is 38.1 Å². The molecule has 3 rings (SSSR count). The van der Waals surface area contributed by atoms with Crippen molar-refractivity contribution in [2.75, 3.05) is 5.32 Å². The van der Waals surface area contributed by atoms with Gasteiger partial charge < -0.3 is 9.84 Å². The van der Waals surface area contributed by atoms with E-state index < -0.39 is 0 Å². The number of carbonyl (C=O) groups excluding carboxylic acids is 1. The van der Waals surface area contributed by atoms with Gasteiger partial charge in [0.05, 0.1) is 16.1 Å². The Morgan fingerprint density at radius 3 is 2.62 bits per heavy atom. The number of aromatic nitrogens is 2. The maximum atomic E-state index is 12.2. The summed E-state index contributed by atoms with van der Waals surface area (Å²) in [5.41, 5.74) is 2.51. The first-order valence-electron chi connectivity index (χ1n) is 6.39. The molecule has 21 heavy (non-hydrogen) atoms. The van der Waals surface area contributed by atoms with Crippen LogP contribution in [0.15, 0.2) is 41.2 Å². The molecule has 0 atom stereocenters. The van der Waals surface area contributed by atoms with E-state index >= 15 is 0 Å². The van der Waals surface area contributed by atoms with Crippen LogP contribution in [0.3, 0.4) is 0 Å². The summed E-state index contributed by atoms with van der Waals surface area (Å²) in [6.45, 7) is 3.76. The van der Waals surface area contributed by atoms with E-state index in [-0.39, 0.29) is 5.91 Å². The molecule has 5 nitrogen and oxygen atoms in total. The zero-order valence-electron chi connectivity index (χ0n) is 11.6. The molecule has 0 aliphatic heterocycles.